The van der Waals surface area contributed by atoms with Crippen molar-refractivity contribution in [3.63, 3.8) is 0 Å². The topological polar surface area (TPSA) is 343 Å². The molecule has 0 atom stereocenters. The predicted molar refractivity (Wildman–Crippen MR) is 77.8 cm³/mol. The van der Waals surface area contributed by atoms with E-state index in [0.29, 0.717) is 0 Å². The number of rotatable bonds is 0. The van der Waals surface area contributed by atoms with Gasteiger partial charge in [0.25, 0.3) is 0 Å². The van der Waals surface area contributed by atoms with E-state index in [1.165, 1.54) is 0 Å². The second-order valence-electron chi connectivity index (χ2n) is 2.05. The van der Waals surface area contributed by atoms with Crippen molar-refractivity contribution in [2.75, 3.05) is 0 Å². The molecule has 0 rings (SSSR count). The van der Waals surface area contributed by atoms with Gasteiger partial charge in [-0.3, -0.25) is 0 Å². The second kappa shape index (κ2) is 19.7. The van der Waals surface area contributed by atoms with Gasteiger partial charge in [0.1, 0.15) is 0 Å². The van der Waals surface area contributed by atoms with E-state index in [1.807, 2.05) is 0 Å². The average molecular weight is 494 g/mol. The number of phosphoric acid groups is 4. The van der Waals surface area contributed by atoms with E-state index in [2.05, 4.69) is 0 Å². The predicted octanol–water partition coefficient (Wildman–Crippen LogP) is -6.37. The van der Waals surface area contributed by atoms with Gasteiger partial charge in [-0.2, -0.15) is 0 Å². The van der Waals surface area contributed by atoms with Crippen molar-refractivity contribution in [3.8, 4) is 0 Å². The fourth-order valence-electron chi connectivity index (χ4n) is 0. The third kappa shape index (κ3) is 1540. The number of hydrogen-bond acceptors (Lipinski definition) is 4. The Hall–Kier alpha value is 2.92. The van der Waals surface area contributed by atoms with Crippen LogP contribution in [0.25, 0.3) is 0 Å². The van der Waals surface area contributed by atoms with Crippen LogP contribution in [0, 0.1) is 0 Å². The van der Waals surface area contributed by atoms with Gasteiger partial charge < -0.3 is 64.2 Å². The molecule has 0 aromatic carbocycles. The summed E-state index contributed by atoms with van der Waals surface area (Å²) in [4.78, 5) is 86.2. The van der Waals surface area contributed by atoms with Gasteiger partial charge >= 0.3 is 107 Å². The Morgan fingerprint density at radius 2 is 0.348 bits per heavy atom. The Labute approximate surface area is 187 Å². The van der Waals surface area contributed by atoms with Gasteiger partial charge in [0, 0.05) is 0 Å². The Bertz CT molecular complexity index is 289. The normalized spacial score (nSPS) is 10.3. The molecule has 23 heteroatoms. The Morgan fingerprint density at radius 3 is 0.348 bits per heavy atom. The summed E-state index contributed by atoms with van der Waals surface area (Å²) in [5.41, 5.74) is 0. The van der Waals surface area contributed by atoms with Gasteiger partial charge in [-0.1, -0.05) is 0 Å². The van der Waals surface area contributed by atoms with Crippen molar-refractivity contribution in [1.29, 1.82) is 0 Å². The van der Waals surface area contributed by atoms with Crippen molar-refractivity contribution in [3.05, 3.63) is 0 Å². The minimum absolute atomic E-state index is 0. The van der Waals surface area contributed by atoms with Gasteiger partial charge in [0.15, 0.2) is 0 Å². The van der Waals surface area contributed by atoms with Crippen LogP contribution < -0.4 is 0 Å². The van der Waals surface area contributed by atoms with Crippen molar-refractivity contribution >= 4 is 107 Å². The third-order valence-electron chi connectivity index (χ3n) is 0. The quantitative estimate of drug-likeness (QED) is 0.110. The van der Waals surface area contributed by atoms with Crippen LogP contribution in [0.4, 0.5) is 0 Å². The van der Waals surface area contributed by atoms with E-state index in [-0.39, 0.29) is 81.0 Å². The van der Waals surface area contributed by atoms with E-state index in [0.717, 1.165) is 0 Å². The molecule has 0 unspecified atom stereocenters. The average Bonchev–Trinajstić information content (AvgIpc) is 1.62. The standard InChI is InChI=1S/2Ca.4H3O4P.H2O.4H/c;;4*1-5(2,3)4;;;;;/h;;4*(H3,1,2,3,4);1H2;;;;. The molecule has 0 aliphatic carbocycles. The molecule has 0 fully saturated rings. The molecule has 0 aliphatic heterocycles. The molecule has 0 spiro atoms. The molecule has 0 heterocycles. The Morgan fingerprint density at radius 1 is 0.348 bits per heavy atom. The van der Waals surface area contributed by atoms with Crippen LogP contribution in [0.3, 0.4) is 0 Å². The molecule has 0 saturated carbocycles. The molecule has 17 nitrogen and oxygen atoms in total. The minimum atomic E-state index is -4.64. The summed E-state index contributed by atoms with van der Waals surface area (Å²) >= 11 is 0. The van der Waals surface area contributed by atoms with E-state index in [4.69, 9.17) is 77.0 Å². The zero-order valence-corrected chi connectivity index (χ0v) is 12.9. The third-order valence-corrected chi connectivity index (χ3v) is 0. The fourth-order valence-corrected chi connectivity index (χ4v) is 0. The summed E-state index contributed by atoms with van der Waals surface area (Å²) < 4.78 is 35.5. The zero-order valence-electron chi connectivity index (χ0n) is 9.29. The molecule has 0 aromatic rings. The van der Waals surface area contributed by atoms with Crippen LogP contribution in [-0.2, 0) is 18.3 Å². The summed E-state index contributed by atoms with van der Waals surface area (Å²) in [6.07, 6.45) is 0. The number of hydrogen-bond donors (Lipinski definition) is 12. The summed E-state index contributed by atoms with van der Waals surface area (Å²) in [6, 6.07) is 0. The van der Waals surface area contributed by atoms with Crippen molar-refractivity contribution in [2.24, 2.45) is 0 Å². The molecule has 0 saturated heterocycles. The molecule has 0 aromatic heterocycles. The van der Waals surface area contributed by atoms with Crippen LogP contribution in [0.1, 0.15) is 0 Å². The van der Waals surface area contributed by atoms with Gasteiger partial charge in [-0.25, -0.2) is 18.3 Å². The monoisotopic (exact) mass is 494 g/mol. The van der Waals surface area contributed by atoms with E-state index in [9.17, 15) is 0 Å². The molecule has 23 heavy (non-hydrogen) atoms. The molecule has 0 aliphatic rings. The van der Waals surface area contributed by atoms with Crippen LogP contribution in [0.5, 0.6) is 0 Å². The first-order chi connectivity index (χ1) is 8.00. The second-order valence-corrected chi connectivity index (χ2v) is 6.16. The first kappa shape index (κ1) is 45.0. The molecule has 144 valence electrons. The van der Waals surface area contributed by atoms with Crippen molar-refractivity contribution in [2.45, 2.75) is 0 Å². The van der Waals surface area contributed by atoms with Crippen LogP contribution in [-0.4, -0.2) is 140 Å². The molecule has 0 amide bonds. The molecular formula is H18Ca2O17P4. The first-order valence-corrected chi connectivity index (χ1v) is 9.39. The van der Waals surface area contributed by atoms with Gasteiger partial charge in [-0.05, 0) is 0 Å². The SMILES string of the molecule is O.O=P(O)(O)O.O=P(O)(O)O.O=P(O)(O)O.O=P(O)(O)O.[CaH2].[CaH2]. The van der Waals surface area contributed by atoms with Crippen LogP contribution in [0.2, 0.25) is 0 Å². The first-order valence-electron chi connectivity index (χ1n) is 3.13. The summed E-state index contributed by atoms with van der Waals surface area (Å²) in [5.74, 6) is 0. The summed E-state index contributed by atoms with van der Waals surface area (Å²) in [5, 5.41) is 0. The molecular weight excluding hydrogens is 476 g/mol. The Kier molecular flexibility index (Phi) is 38.5. The van der Waals surface area contributed by atoms with Crippen molar-refractivity contribution < 1.29 is 82.5 Å². The maximum atomic E-state index is 8.88. The van der Waals surface area contributed by atoms with Crippen LogP contribution in [0.15, 0.2) is 0 Å². The summed E-state index contributed by atoms with van der Waals surface area (Å²) in [6.45, 7) is 0. The van der Waals surface area contributed by atoms with Gasteiger partial charge in [-0.15, -0.1) is 0 Å². The molecule has 14 N–H and O–H groups in total. The van der Waals surface area contributed by atoms with Gasteiger partial charge in [0.2, 0.25) is 0 Å². The fraction of sp³-hybridized carbons (Fsp3) is 0. The molecule has 0 bridgehead atoms. The Balaban J connectivity index is -0.0000000284. The molecule has 0 radical (unpaired) electrons. The van der Waals surface area contributed by atoms with Gasteiger partial charge in [0.05, 0.1) is 0 Å². The van der Waals surface area contributed by atoms with E-state index < -0.39 is 31.3 Å². The zero-order chi connectivity index (χ0) is 18.0. The summed E-state index contributed by atoms with van der Waals surface area (Å²) in [7, 11) is -18.6. The van der Waals surface area contributed by atoms with E-state index in [1.54, 1.807) is 0 Å². The van der Waals surface area contributed by atoms with Crippen molar-refractivity contribution in [1.82, 2.24) is 0 Å². The van der Waals surface area contributed by atoms with E-state index >= 15 is 0 Å². The van der Waals surface area contributed by atoms with Crippen LogP contribution >= 0.6 is 31.3 Å². The maximum absolute atomic E-state index is 8.88.